The molecule has 1 aliphatic carbocycles. The van der Waals surface area contributed by atoms with Crippen LogP contribution in [0.4, 0.5) is 0 Å². The van der Waals surface area contributed by atoms with Crippen LogP contribution in [0.5, 0.6) is 0 Å². The number of carbonyl (C=O) groups is 1. The smallest absolute Gasteiger partial charge is 0.249 e. The summed E-state index contributed by atoms with van der Waals surface area (Å²) >= 11 is 0. The van der Waals surface area contributed by atoms with Crippen LogP contribution in [-0.2, 0) is 9.53 Å². The minimum atomic E-state index is -0.335. The van der Waals surface area contributed by atoms with Gasteiger partial charge in [-0.3, -0.25) is 4.79 Å². The summed E-state index contributed by atoms with van der Waals surface area (Å²) in [5, 5.41) is 6.94. The maximum atomic E-state index is 12.5. The van der Waals surface area contributed by atoms with Gasteiger partial charge in [-0.15, -0.1) is 24.8 Å². The van der Waals surface area contributed by atoms with Crippen LogP contribution in [0.15, 0.2) is 30.3 Å². The Morgan fingerprint density at radius 2 is 1.89 bits per heavy atom. The normalized spacial score (nSPS) is 24.5. The number of halogens is 2. The molecule has 1 aromatic rings. The second-order valence-electron chi connectivity index (χ2n) is 7.54. The molecule has 27 heavy (non-hydrogen) atoms. The van der Waals surface area contributed by atoms with Crippen molar-refractivity contribution in [3.63, 3.8) is 0 Å². The van der Waals surface area contributed by atoms with E-state index in [2.05, 4.69) is 41.8 Å². The lowest BCUT2D eigenvalue weighted by Crippen LogP contribution is -2.53. The fraction of sp³-hybridized carbons (Fsp3) is 0.650. The molecular formula is C20H33Cl2N3O2. The molecule has 1 unspecified atom stereocenters. The van der Waals surface area contributed by atoms with E-state index in [-0.39, 0.29) is 54.5 Å². The Morgan fingerprint density at radius 3 is 2.48 bits per heavy atom. The van der Waals surface area contributed by atoms with Crippen molar-refractivity contribution < 1.29 is 9.53 Å². The number of ether oxygens (including phenoxy) is 1. The van der Waals surface area contributed by atoms with Gasteiger partial charge in [0, 0.05) is 24.7 Å². The van der Waals surface area contributed by atoms with Gasteiger partial charge < -0.3 is 21.1 Å². The number of carbonyl (C=O) groups excluding carboxylic acids is 1. The highest BCUT2D eigenvalue weighted by Gasteiger charge is 2.37. The molecule has 2 aliphatic rings. The van der Waals surface area contributed by atoms with Gasteiger partial charge in [0.05, 0.1) is 6.10 Å². The summed E-state index contributed by atoms with van der Waals surface area (Å²) < 4.78 is 5.71. The maximum Gasteiger partial charge on any atom is 0.249 e. The van der Waals surface area contributed by atoms with E-state index in [0.717, 1.165) is 25.7 Å². The van der Waals surface area contributed by atoms with Gasteiger partial charge in [-0.1, -0.05) is 43.2 Å². The quantitative estimate of drug-likeness (QED) is 0.636. The molecule has 3 atom stereocenters. The standard InChI is InChI=1S/C20H31N3O2.2ClH/c1-15(16-7-3-2-4-8-16)23-20(11-5-6-12-20)14-22-19(24)18-10-9-17(13-21)25-18;;/h2-4,7-8,15,17-18,23H,5-6,9-14,21H2,1H3,(H,22,24);2*1H/t15?,17-,18+;;/m1../s1. The number of rotatable bonds is 7. The molecule has 7 heteroatoms. The van der Waals surface area contributed by atoms with Gasteiger partial charge in [-0.05, 0) is 38.2 Å². The van der Waals surface area contributed by atoms with Gasteiger partial charge in [0.1, 0.15) is 6.10 Å². The lowest BCUT2D eigenvalue weighted by molar-refractivity contribution is -0.132. The number of hydrogen-bond acceptors (Lipinski definition) is 4. The Hall–Kier alpha value is -0.850. The summed E-state index contributed by atoms with van der Waals surface area (Å²) in [5.41, 5.74) is 6.90. The van der Waals surface area contributed by atoms with Crippen LogP contribution >= 0.6 is 24.8 Å². The summed E-state index contributed by atoms with van der Waals surface area (Å²) in [4.78, 5) is 12.5. The molecule has 3 rings (SSSR count). The molecule has 4 N–H and O–H groups in total. The number of benzene rings is 1. The van der Waals surface area contributed by atoms with Crippen LogP contribution in [0.2, 0.25) is 0 Å². The largest absolute Gasteiger partial charge is 0.364 e. The molecule has 1 aliphatic heterocycles. The predicted molar refractivity (Wildman–Crippen MR) is 114 cm³/mol. The number of hydrogen-bond donors (Lipinski definition) is 3. The second kappa shape index (κ2) is 11.2. The fourth-order valence-electron chi connectivity index (χ4n) is 4.15. The predicted octanol–water partition coefficient (Wildman–Crippen LogP) is 3.12. The summed E-state index contributed by atoms with van der Waals surface area (Å²) in [5.74, 6) is 0.0105. The van der Waals surface area contributed by atoms with Gasteiger partial charge in [0.15, 0.2) is 0 Å². The van der Waals surface area contributed by atoms with Crippen LogP contribution in [0.1, 0.15) is 57.1 Å². The molecule has 154 valence electrons. The molecule has 0 aromatic heterocycles. The first-order valence-corrected chi connectivity index (χ1v) is 9.58. The van der Waals surface area contributed by atoms with Crippen molar-refractivity contribution in [3.8, 4) is 0 Å². The van der Waals surface area contributed by atoms with Crippen molar-refractivity contribution in [2.24, 2.45) is 5.73 Å². The van der Waals surface area contributed by atoms with Crippen molar-refractivity contribution in [3.05, 3.63) is 35.9 Å². The Balaban J connectivity index is 0.00000182. The minimum Gasteiger partial charge on any atom is -0.364 e. The minimum absolute atomic E-state index is 0. The molecule has 1 heterocycles. The van der Waals surface area contributed by atoms with Gasteiger partial charge >= 0.3 is 0 Å². The van der Waals surface area contributed by atoms with Crippen molar-refractivity contribution in [2.75, 3.05) is 13.1 Å². The zero-order valence-corrected chi connectivity index (χ0v) is 17.6. The third-order valence-corrected chi connectivity index (χ3v) is 5.65. The summed E-state index contributed by atoms with van der Waals surface area (Å²) in [6, 6.07) is 10.7. The van der Waals surface area contributed by atoms with Gasteiger partial charge in [-0.25, -0.2) is 0 Å². The molecule has 0 bridgehead atoms. The van der Waals surface area contributed by atoms with E-state index >= 15 is 0 Å². The van der Waals surface area contributed by atoms with Crippen molar-refractivity contribution in [1.29, 1.82) is 0 Å². The molecule has 0 spiro atoms. The molecule has 2 fully saturated rings. The van der Waals surface area contributed by atoms with Crippen molar-refractivity contribution >= 4 is 30.7 Å². The third-order valence-electron chi connectivity index (χ3n) is 5.65. The number of nitrogens with one attached hydrogen (secondary N) is 2. The highest BCUT2D eigenvalue weighted by molar-refractivity contribution is 5.85. The first-order valence-electron chi connectivity index (χ1n) is 9.58. The fourth-order valence-corrected chi connectivity index (χ4v) is 4.15. The highest BCUT2D eigenvalue weighted by Crippen LogP contribution is 2.32. The van der Waals surface area contributed by atoms with Gasteiger partial charge in [-0.2, -0.15) is 0 Å². The molecule has 1 aromatic carbocycles. The third kappa shape index (κ3) is 6.33. The maximum absolute atomic E-state index is 12.5. The lowest BCUT2D eigenvalue weighted by Gasteiger charge is -2.34. The van der Waals surface area contributed by atoms with E-state index in [1.54, 1.807) is 0 Å². The number of amides is 1. The summed E-state index contributed by atoms with van der Waals surface area (Å²) in [6.07, 6.45) is 5.96. The Labute approximate surface area is 175 Å². The van der Waals surface area contributed by atoms with Gasteiger partial charge in [0.25, 0.3) is 0 Å². The molecule has 1 saturated heterocycles. The monoisotopic (exact) mass is 417 g/mol. The van der Waals surface area contributed by atoms with Crippen LogP contribution in [0.25, 0.3) is 0 Å². The van der Waals surface area contributed by atoms with Crippen LogP contribution in [0, 0.1) is 0 Å². The van der Waals surface area contributed by atoms with Gasteiger partial charge in [0.2, 0.25) is 5.91 Å². The van der Waals surface area contributed by atoms with Crippen LogP contribution < -0.4 is 16.4 Å². The summed E-state index contributed by atoms with van der Waals surface area (Å²) in [6.45, 7) is 3.35. The van der Waals surface area contributed by atoms with Crippen LogP contribution in [0.3, 0.4) is 0 Å². The molecular weight excluding hydrogens is 385 g/mol. The molecule has 5 nitrogen and oxygen atoms in total. The van der Waals surface area contributed by atoms with Crippen molar-refractivity contribution in [1.82, 2.24) is 10.6 Å². The number of nitrogens with two attached hydrogens (primary N) is 1. The van der Waals surface area contributed by atoms with E-state index in [4.69, 9.17) is 10.5 Å². The first kappa shape index (κ1) is 24.2. The average Bonchev–Trinajstić information content (AvgIpc) is 3.30. The lowest BCUT2D eigenvalue weighted by atomic mass is 9.94. The molecule has 1 amide bonds. The zero-order chi connectivity index (χ0) is 17.7. The second-order valence-corrected chi connectivity index (χ2v) is 7.54. The van der Waals surface area contributed by atoms with E-state index in [9.17, 15) is 4.79 Å². The Morgan fingerprint density at radius 1 is 1.22 bits per heavy atom. The van der Waals surface area contributed by atoms with Crippen LogP contribution in [-0.4, -0.2) is 36.7 Å². The van der Waals surface area contributed by atoms with E-state index < -0.39 is 0 Å². The average molecular weight is 418 g/mol. The molecule has 0 radical (unpaired) electrons. The summed E-state index contributed by atoms with van der Waals surface area (Å²) in [7, 11) is 0. The topological polar surface area (TPSA) is 76.4 Å². The van der Waals surface area contributed by atoms with Crippen molar-refractivity contribution in [2.45, 2.75) is 69.2 Å². The Kier molecular flexibility index (Phi) is 10.1. The Bertz CT molecular complexity index is 568. The SMILES string of the molecule is CC(NC1(CNC(=O)[C@@H]2CC[C@H](CN)O2)CCCC1)c1ccccc1.Cl.Cl. The first-order chi connectivity index (χ1) is 12.1. The van der Waals surface area contributed by atoms with E-state index in [0.29, 0.717) is 13.1 Å². The zero-order valence-electron chi connectivity index (χ0n) is 16.0. The molecule has 1 saturated carbocycles. The van der Waals surface area contributed by atoms with E-state index in [1.807, 2.05) is 6.07 Å². The highest BCUT2D eigenvalue weighted by atomic mass is 35.5. The van der Waals surface area contributed by atoms with E-state index in [1.165, 1.54) is 18.4 Å².